The van der Waals surface area contributed by atoms with E-state index in [4.69, 9.17) is 18.3 Å². The molecule has 0 aliphatic rings. The van der Waals surface area contributed by atoms with Crippen LogP contribution in [0.15, 0.2) is 45.6 Å². The quantitative estimate of drug-likeness (QED) is 0.635. The van der Waals surface area contributed by atoms with Crippen molar-refractivity contribution in [2.24, 2.45) is 0 Å². The van der Waals surface area contributed by atoms with Gasteiger partial charge in [0.2, 0.25) is 5.76 Å². The van der Waals surface area contributed by atoms with Crippen LogP contribution in [0.5, 0.6) is 5.75 Å². The van der Waals surface area contributed by atoms with Gasteiger partial charge in [0.15, 0.2) is 0 Å². The molecule has 0 N–H and O–H groups in total. The Morgan fingerprint density at radius 2 is 1.92 bits per heavy atom. The van der Waals surface area contributed by atoms with Crippen LogP contribution in [0.2, 0.25) is 0 Å². The lowest BCUT2D eigenvalue weighted by atomic mass is 10.1. The second-order valence-electron chi connectivity index (χ2n) is 5.23. The number of carbonyl (C=O) groups excluding carboxylic acids is 2. The highest BCUT2D eigenvalue weighted by Gasteiger charge is 2.18. The summed E-state index contributed by atoms with van der Waals surface area (Å²) in [5, 5.41) is 0.816. The van der Waals surface area contributed by atoms with Crippen LogP contribution in [0.3, 0.4) is 0 Å². The topological polar surface area (TPSA) is 88.1 Å². The second kappa shape index (κ2) is 7.12. The summed E-state index contributed by atoms with van der Waals surface area (Å²) in [6.07, 6.45) is 2.90. The molecule has 0 saturated heterocycles. The summed E-state index contributed by atoms with van der Waals surface area (Å²) < 4.78 is 25.4. The first kappa shape index (κ1) is 16.6. The maximum Gasteiger partial charge on any atom is 0.374 e. The first-order valence-electron chi connectivity index (χ1n) is 7.46. The van der Waals surface area contributed by atoms with Crippen LogP contribution in [0, 0.1) is 0 Å². The molecule has 3 rings (SSSR count). The molecule has 0 bridgehead atoms. The van der Waals surface area contributed by atoms with Gasteiger partial charge in [-0.15, -0.1) is 0 Å². The molecule has 7 heteroatoms. The molecule has 0 fully saturated rings. The first-order chi connectivity index (χ1) is 12.1. The van der Waals surface area contributed by atoms with Gasteiger partial charge in [0.05, 0.1) is 33.2 Å². The van der Waals surface area contributed by atoms with Gasteiger partial charge in [-0.3, -0.25) is 4.79 Å². The zero-order valence-corrected chi connectivity index (χ0v) is 13.7. The zero-order valence-electron chi connectivity index (χ0n) is 13.7. The highest BCUT2D eigenvalue weighted by molar-refractivity contribution is 5.88. The van der Waals surface area contributed by atoms with Crippen LogP contribution < -0.4 is 4.74 Å². The molecule has 3 aromatic rings. The number of carbonyl (C=O) groups is 2. The Kier molecular flexibility index (Phi) is 4.74. The molecule has 0 spiro atoms. The molecule has 2 aromatic heterocycles. The minimum Gasteiger partial charge on any atom is -0.497 e. The van der Waals surface area contributed by atoms with Crippen molar-refractivity contribution in [2.75, 3.05) is 14.2 Å². The summed E-state index contributed by atoms with van der Waals surface area (Å²) >= 11 is 0. The van der Waals surface area contributed by atoms with Gasteiger partial charge in [-0.2, -0.15) is 0 Å². The Bertz CT molecular complexity index is 903. The van der Waals surface area contributed by atoms with Crippen LogP contribution in [0.4, 0.5) is 0 Å². The average molecular weight is 344 g/mol. The van der Waals surface area contributed by atoms with Gasteiger partial charge < -0.3 is 23.0 Å². The molecule has 25 heavy (non-hydrogen) atoms. The Labute approximate surface area is 143 Å². The number of hydrogen-bond acceptors (Lipinski definition) is 7. The summed E-state index contributed by atoms with van der Waals surface area (Å²) in [5.74, 6) is -0.371. The molecule has 7 nitrogen and oxygen atoms in total. The van der Waals surface area contributed by atoms with Crippen LogP contribution in [-0.2, 0) is 27.3 Å². The third-order valence-electron chi connectivity index (χ3n) is 3.70. The zero-order chi connectivity index (χ0) is 17.8. The lowest BCUT2D eigenvalue weighted by Gasteiger charge is -2.04. The molecule has 0 unspecified atom stereocenters. The lowest BCUT2D eigenvalue weighted by molar-refractivity contribution is -0.144. The fraction of sp³-hybridized carbons (Fsp3) is 0.222. The number of rotatable bonds is 6. The van der Waals surface area contributed by atoms with E-state index in [1.165, 1.54) is 19.6 Å². The number of benzene rings is 1. The summed E-state index contributed by atoms with van der Waals surface area (Å²) in [5.41, 5.74) is 1.79. The van der Waals surface area contributed by atoms with Crippen molar-refractivity contribution in [3.63, 3.8) is 0 Å². The van der Waals surface area contributed by atoms with Crippen LogP contribution in [-0.4, -0.2) is 26.2 Å². The summed E-state index contributed by atoms with van der Waals surface area (Å²) in [6.45, 7) is -0.0800. The largest absolute Gasteiger partial charge is 0.497 e. The molecular formula is C18H16O7. The van der Waals surface area contributed by atoms with E-state index in [1.54, 1.807) is 25.3 Å². The monoisotopic (exact) mass is 344 g/mol. The van der Waals surface area contributed by atoms with Crippen molar-refractivity contribution in [2.45, 2.75) is 13.0 Å². The van der Waals surface area contributed by atoms with E-state index in [2.05, 4.69) is 4.74 Å². The third kappa shape index (κ3) is 3.50. The fourth-order valence-electron chi connectivity index (χ4n) is 2.41. The van der Waals surface area contributed by atoms with Crippen LogP contribution >= 0.6 is 0 Å². The van der Waals surface area contributed by atoms with E-state index in [0.29, 0.717) is 22.5 Å². The van der Waals surface area contributed by atoms with Gasteiger partial charge in [0.1, 0.15) is 17.9 Å². The van der Waals surface area contributed by atoms with Crippen molar-refractivity contribution in [3.05, 3.63) is 53.7 Å². The number of fused-ring (bicyclic) bond motifs is 1. The number of ether oxygens (including phenoxy) is 3. The van der Waals surface area contributed by atoms with E-state index in [0.717, 1.165) is 5.39 Å². The summed E-state index contributed by atoms with van der Waals surface area (Å²) in [6, 6.07) is 6.92. The van der Waals surface area contributed by atoms with Crippen molar-refractivity contribution in [1.29, 1.82) is 0 Å². The fourth-order valence-corrected chi connectivity index (χ4v) is 2.41. The second-order valence-corrected chi connectivity index (χ2v) is 5.23. The predicted molar refractivity (Wildman–Crippen MR) is 86.3 cm³/mol. The Morgan fingerprint density at radius 3 is 2.68 bits per heavy atom. The van der Waals surface area contributed by atoms with Gasteiger partial charge in [-0.25, -0.2) is 4.79 Å². The Balaban J connectivity index is 1.65. The normalized spacial score (nSPS) is 10.6. The summed E-state index contributed by atoms with van der Waals surface area (Å²) in [4.78, 5) is 23.6. The number of esters is 2. The molecule has 2 heterocycles. The van der Waals surface area contributed by atoms with E-state index < -0.39 is 11.9 Å². The average Bonchev–Trinajstić information content (AvgIpc) is 3.26. The molecule has 0 saturated carbocycles. The minimum atomic E-state index is -0.620. The van der Waals surface area contributed by atoms with E-state index in [9.17, 15) is 9.59 Å². The highest BCUT2D eigenvalue weighted by Crippen LogP contribution is 2.26. The molecule has 130 valence electrons. The maximum absolute atomic E-state index is 12.1. The minimum absolute atomic E-state index is 0.0242. The Morgan fingerprint density at radius 1 is 1.08 bits per heavy atom. The van der Waals surface area contributed by atoms with Crippen molar-refractivity contribution in [1.82, 2.24) is 0 Å². The highest BCUT2D eigenvalue weighted by atomic mass is 16.5. The van der Waals surface area contributed by atoms with Gasteiger partial charge in [0, 0.05) is 22.6 Å². The van der Waals surface area contributed by atoms with Crippen LogP contribution in [0.1, 0.15) is 21.7 Å². The molecule has 0 radical (unpaired) electrons. The van der Waals surface area contributed by atoms with E-state index in [-0.39, 0.29) is 18.8 Å². The lowest BCUT2D eigenvalue weighted by Crippen LogP contribution is -2.10. The van der Waals surface area contributed by atoms with Gasteiger partial charge >= 0.3 is 11.9 Å². The van der Waals surface area contributed by atoms with Crippen molar-refractivity contribution in [3.8, 4) is 5.75 Å². The van der Waals surface area contributed by atoms with Crippen molar-refractivity contribution < 1.29 is 32.6 Å². The third-order valence-corrected chi connectivity index (χ3v) is 3.70. The molecule has 0 aliphatic heterocycles. The molecule has 0 aliphatic carbocycles. The SMILES string of the molecule is COC(=O)c1occc1COC(=O)Cc1coc2cc(OC)ccc12. The summed E-state index contributed by atoms with van der Waals surface area (Å²) in [7, 11) is 2.82. The maximum atomic E-state index is 12.1. The van der Waals surface area contributed by atoms with E-state index in [1.807, 2.05) is 6.07 Å². The number of hydrogen-bond donors (Lipinski definition) is 0. The molecule has 0 amide bonds. The van der Waals surface area contributed by atoms with E-state index >= 15 is 0 Å². The molecular weight excluding hydrogens is 328 g/mol. The Hall–Kier alpha value is -3.22. The standard InChI is InChI=1S/C18H16O7/c1-21-13-3-4-14-12(10-24-15(14)8-13)7-16(19)25-9-11-5-6-23-17(11)18(20)22-2/h3-6,8,10H,7,9H2,1-2H3. The van der Waals surface area contributed by atoms with Crippen molar-refractivity contribution >= 4 is 22.9 Å². The van der Waals surface area contributed by atoms with Gasteiger partial charge in [0.25, 0.3) is 0 Å². The molecule has 0 atom stereocenters. The number of methoxy groups -OCH3 is 2. The first-order valence-corrected chi connectivity index (χ1v) is 7.46. The van der Waals surface area contributed by atoms with Gasteiger partial charge in [-0.05, 0) is 18.2 Å². The van der Waals surface area contributed by atoms with Crippen LogP contribution in [0.25, 0.3) is 11.0 Å². The number of furan rings is 2. The predicted octanol–water partition coefficient (Wildman–Crippen LogP) is 3.11. The molecule has 1 aromatic carbocycles. The smallest absolute Gasteiger partial charge is 0.374 e. The van der Waals surface area contributed by atoms with Gasteiger partial charge in [-0.1, -0.05) is 0 Å².